The van der Waals surface area contributed by atoms with E-state index >= 15 is 0 Å². The van der Waals surface area contributed by atoms with Crippen LogP contribution in [0.3, 0.4) is 0 Å². The van der Waals surface area contributed by atoms with E-state index in [1.165, 1.54) is 45.1 Å². The molecule has 0 heterocycles. The summed E-state index contributed by atoms with van der Waals surface area (Å²) in [6, 6.07) is 0. The number of hydrogen-bond donors (Lipinski definition) is 2. The summed E-state index contributed by atoms with van der Waals surface area (Å²) in [6.45, 7) is 9.99. The van der Waals surface area contributed by atoms with Crippen molar-refractivity contribution in [3.8, 4) is 0 Å². The SMILES string of the molecule is CCCN[CH]CCCCCCNCC. The predicted molar refractivity (Wildman–Crippen MR) is 64.2 cm³/mol. The van der Waals surface area contributed by atoms with E-state index in [-0.39, 0.29) is 0 Å². The fourth-order valence-corrected chi connectivity index (χ4v) is 1.38. The van der Waals surface area contributed by atoms with E-state index in [0.29, 0.717) is 0 Å². The molecule has 0 aliphatic heterocycles. The van der Waals surface area contributed by atoms with Crippen LogP contribution in [0.5, 0.6) is 0 Å². The second kappa shape index (κ2) is 12.9. The van der Waals surface area contributed by atoms with Gasteiger partial charge in [0.2, 0.25) is 0 Å². The maximum Gasteiger partial charge on any atom is 0.0221 e. The average Bonchev–Trinajstić information content (AvgIpc) is 2.21. The molecule has 0 spiro atoms. The zero-order chi connectivity index (χ0) is 10.5. The number of hydrogen-bond acceptors (Lipinski definition) is 2. The van der Waals surface area contributed by atoms with Crippen molar-refractivity contribution in [3.05, 3.63) is 6.54 Å². The molecule has 0 fully saturated rings. The molecule has 2 nitrogen and oxygen atoms in total. The van der Waals surface area contributed by atoms with Gasteiger partial charge in [0.25, 0.3) is 0 Å². The zero-order valence-electron chi connectivity index (χ0n) is 9.94. The van der Waals surface area contributed by atoms with E-state index in [0.717, 1.165) is 13.1 Å². The van der Waals surface area contributed by atoms with Crippen LogP contribution in [0.2, 0.25) is 0 Å². The lowest BCUT2D eigenvalue weighted by molar-refractivity contribution is 0.585. The molecule has 0 aliphatic rings. The molecular formula is C12H27N2. The molecule has 2 heteroatoms. The molecule has 0 atom stereocenters. The Bertz CT molecular complexity index is 82.3. The summed E-state index contributed by atoms with van der Waals surface area (Å²) in [5.74, 6) is 0. The number of unbranched alkanes of at least 4 members (excludes halogenated alkanes) is 4. The Morgan fingerprint density at radius 2 is 1.71 bits per heavy atom. The molecule has 1 radical (unpaired) electrons. The van der Waals surface area contributed by atoms with Crippen molar-refractivity contribution in [2.45, 2.75) is 52.4 Å². The standard InChI is InChI=1S/C12H27N2/c1-3-10-14-12-9-7-5-6-8-11-13-4-2/h12-14H,3-11H2,1-2H3. The fourth-order valence-electron chi connectivity index (χ4n) is 1.38. The molecular weight excluding hydrogens is 172 g/mol. The average molecular weight is 199 g/mol. The summed E-state index contributed by atoms with van der Waals surface area (Å²) in [7, 11) is 0. The van der Waals surface area contributed by atoms with Gasteiger partial charge in [0.1, 0.15) is 0 Å². The molecule has 0 aromatic rings. The maximum atomic E-state index is 3.35. The van der Waals surface area contributed by atoms with E-state index in [9.17, 15) is 0 Å². The summed E-state index contributed by atoms with van der Waals surface area (Å²) in [4.78, 5) is 0. The minimum Gasteiger partial charge on any atom is -0.317 e. The van der Waals surface area contributed by atoms with Crippen LogP contribution in [0.25, 0.3) is 0 Å². The first kappa shape index (κ1) is 13.9. The predicted octanol–water partition coefficient (Wildman–Crippen LogP) is 2.71. The number of rotatable bonds is 11. The first-order valence-electron chi connectivity index (χ1n) is 6.17. The second-order valence-electron chi connectivity index (χ2n) is 3.71. The third-order valence-electron chi connectivity index (χ3n) is 2.24. The molecule has 2 N–H and O–H groups in total. The van der Waals surface area contributed by atoms with Crippen molar-refractivity contribution >= 4 is 0 Å². The summed E-state index contributed by atoms with van der Waals surface area (Å²) >= 11 is 0. The number of nitrogens with one attached hydrogen (secondary N) is 2. The van der Waals surface area contributed by atoms with Crippen molar-refractivity contribution in [1.29, 1.82) is 0 Å². The largest absolute Gasteiger partial charge is 0.317 e. The van der Waals surface area contributed by atoms with Gasteiger partial charge in [-0.2, -0.15) is 0 Å². The Labute approximate surface area is 89.9 Å². The third-order valence-corrected chi connectivity index (χ3v) is 2.24. The van der Waals surface area contributed by atoms with E-state index < -0.39 is 0 Å². The topological polar surface area (TPSA) is 24.1 Å². The highest BCUT2D eigenvalue weighted by molar-refractivity contribution is 4.61. The van der Waals surface area contributed by atoms with Gasteiger partial charge < -0.3 is 10.6 Å². The van der Waals surface area contributed by atoms with Crippen molar-refractivity contribution in [2.75, 3.05) is 19.6 Å². The van der Waals surface area contributed by atoms with Crippen molar-refractivity contribution < 1.29 is 0 Å². The van der Waals surface area contributed by atoms with Crippen LogP contribution in [-0.2, 0) is 0 Å². The lowest BCUT2D eigenvalue weighted by Gasteiger charge is -2.03. The zero-order valence-corrected chi connectivity index (χ0v) is 9.94. The molecule has 0 amide bonds. The van der Waals surface area contributed by atoms with Crippen molar-refractivity contribution in [1.82, 2.24) is 10.6 Å². The van der Waals surface area contributed by atoms with Crippen LogP contribution in [0, 0.1) is 6.54 Å². The van der Waals surface area contributed by atoms with Crippen LogP contribution < -0.4 is 10.6 Å². The first-order valence-corrected chi connectivity index (χ1v) is 6.17. The van der Waals surface area contributed by atoms with Crippen LogP contribution >= 0.6 is 0 Å². The Hall–Kier alpha value is -0.0800. The summed E-state index contributed by atoms with van der Waals surface area (Å²) in [5, 5.41) is 6.66. The summed E-state index contributed by atoms with van der Waals surface area (Å²) < 4.78 is 0. The highest BCUT2D eigenvalue weighted by Crippen LogP contribution is 2.02. The molecule has 0 rings (SSSR count). The Morgan fingerprint density at radius 3 is 2.43 bits per heavy atom. The highest BCUT2D eigenvalue weighted by Gasteiger charge is 1.90. The van der Waals surface area contributed by atoms with E-state index in [1.807, 2.05) is 0 Å². The Balaban J connectivity index is 2.78. The molecule has 0 saturated carbocycles. The van der Waals surface area contributed by atoms with Gasteiger partial charge in [-0.1, -0.05) is 33.1 Å². The second-order valence-corrected chi connectivity index (χ2v) is 3.71. The molecule has 0 unspecified atom stereocenters. The minimum absolute atomic E-state index is 1.11. The van der Waals surface area contributed by atoms with E-state index in [4.69, 9.17) is 0 Å². The smallest absolute Gasteiger partial charge is 0.0221 e. The normalized spacial score (nSPS) is 10.7. The van der Waals surface area contributed by atoms with Gasteiger partial charge >= 0.3 is 0 Å². The molecule has 0 aromatic heterocycles. The van der Waals surface area contributed by atoms with Gasteiger partial charge in [0.05, 0.1) is 0 Å². The van der Waals surface area contributed by atoms with Gasteiger partial charge in [-0.25, -0.2) is 0 Å². The lowest BCUT2D eigenvalue weighted by Crippen LogP contribution is -2.13. The van der Waals surface area contributed by atoms with Crippen molar-refractivity contribution in [3.63, 3.8) is 0 Å². The molecule has 0 aliphatic carbocycles. The minimum atomic E-state index is 1.11. The van der Waals surface area contributed by atoms with Crippen LogP contribution in [-0.4, -0.2) is 19.6 Å². The fraction of sp³-hybridized carbons (Fsp3) is 0.917. The summed E-state index contributed by atoms with van der Waals surface area (Å²) in [5.41, 5.74) is 0. The maximum absolute atomic E-state index is 3.35. The van der Waals surface area contributed by atoms with Gasteiger partial charge in [-0.3, -0.25) is 0 Å². The molecule has 85 valence electrons. The summed E-state index contributed by atoms with van der Waals surface area (Å²) in [6.07, 6.45) is 7.85. The third kappa shape index (κ3) is 11.9. The van der Waals surface area contributed by atoms with E-state index in [1.54, 1.807) is 0 Å². The lowest BCUT2D eigenvalue weighted by atomic mass is 10.1. The van der Waals surface area contributed by atoms with Crippen LogP contribution in [0.1, 0.15) is 52.4 Å². The Kier molecular flexibility index (Phi) is 12.8. The van der Waals surface area contributed by atoms with Crippen LogP contribution in [0.4, 0.5) is 0 Å². The van der Waals surface area contributed by atoms with Crippen molar-refractivity contribution in [2.24, 2.45) is 0 Å². The molecule has 0 saturated heterocycles. The molecule has 14 heavy (non-hydrogen) atoms. The van der Waals surface area contributed by atoms with E-state index in [2.05, 4.69) is 31.0 Å². The van der Waals surface area contributed by atoms with Gasteiger partial charge in [0.15, 0.2) is 0 Å². The molecule has 0 aromatic carbocycles. The quantitative estimate of drug-likeness (QED) is 0.500. The first-order chi connectivity index (χ1) is 6.91. The van der Waals surface area contributed by atoms with Crippen LogP contribution in [0.15, 0.2) is 0 Å². The Morgan fingerprint density at radius 1 is 0.929 bits per heavy atom. The highest BCUT2D eigenvalue weighted by atomic mass is 14.8. The van der Waals surface area contributed by atoms with Gasteiger partial charge in [0, 0.05) is 6.54 Å². The molecule has 0 bridgehead atoms. The monoisotopic (exact) mass is 199 g/mol. The van der Waals surface area contributed by atoms with Gasteiger partial charge in [-0.05, 0) is 38.9 Å². The van der Waals surface area contributed by atoms with Gasteiger partial charge in [-0.15, -0.1) is 0 Å².